The van der Waals surface area contributed by atoms with Crippen molar-refractivity contribution in [2.45, 2.75) is 23.8 Å². The first-order valence-electron chi connectivity index (χ1n) is 7.91. The van der Waals surface area contributed by atoms with E-state index >= 15 is 0 Å². The van der Waals surface area contributed by atoms with Crippen LogP contribution in [0.25, 0.3) is 11.3 Å². The summed E-state index contributed by atoms with van der Waals surface area (Å²) in [6.45, 7) is 1.36. The number of thioether (sulfide) groups is 1. The van der Waals surface area contributed by atoms with Crippen LogP contribution in [0.1, 0.15) is 12.8 Å². The Balaban J connectivity index is 0.00000225. The molecule has 1 aromatic carbocycles. The second-order valence-corrected chi connectivity index (χ2v) is 7.47. The quantitative estimate of drug-likeness (QED) is 0.750. The van der Waals surface area contributed by atoms with E-state index < -0.39 is 6.04 Å². The lowest BCUT2D eigenvalue weighted by Gasteiger charge is -2.26. The number of rotatable bonds is 5. The van der Waals surface area contributed by atoms with Crippen LogP contribution in [0.3, 0.4) is 0 Å². The van der Waals surface area contributed by atoms with Crippen molar-refractivity contribution < 1.29 is 9.53 Å². The van der Waals surface area contributed by atoms with Crippen LogP contribution in [-0.2, 0) is 9.53 Å². The molecule has 1 amide bonds. The van der Waals surface area contributed by atoms with Crippen molar-refractivity contribution in [1.82, 2.24) is 4.98 Å². The fourth-order valence-electron chi connectivity index (χ4n) is 2.70. The number of nitrogens with two attached hydrogens (primary N) is 1. The first-order valence-corrected chi connectivity index (χ1v) is 10.0. The molecule has 2 aromatic rings. The van der Waals surface area contributed by atoms with Crippen LogP contribution < -0.4 is 11.1 Å². The number of benzene rings is 1. The van der Waals surface area contributed by atoms with Gasteiger partial charge in [-0.15, -0.1) is 35.5 Å². The van der Waals surface area contributed by atoms with Crippen molar-refractivity contribution in [1.29, 1.82) is 0 Å². The predicted octanol–water partition coefficient (Wildman–Crippen LogP) is 3.65. The normalized spacial score (nSPS) is 16.1. The van der Waals surface area contributed by atoms with Crippen LogP contribution in [-0.4, -0.2) is 36.4 Å². The molecule has 1 fully saturated rings. The molecule has 1 aliphatic rings. The fraction of sp³-hybridized carbons (Fsp3) is 0.412. The molecule has 0 radical (unpaired) electrons. The monoisotopic (exact) mass is 399 g/mol. The first kappa shape index (κ1) is 20.2. The molecule has 2 heterocycles. The summed E-state index contributed by atoms with van der Waals surface area (Å²) in [6.07, 6.45) is 3.71. The van der Waals surface area contributed by atoms with Crippen molar-refractivity contribution in [2.75, 3.05) is 24.8 Å². The fourth-order valence-corrected chi connectivity index (χ4v) is 3.83. The Hall–Kier alpha value is -1.12. The van der Waals surface area contributed by atoms with Gasteiger partial charge in [-0.1, -0.05) is 12.1 Å². The summed E-state index contributed by atoms with van der Waals surface area (Å²) in [7, 11) is 0. The van der Waals surface area contributed by atoms with E-state index in [2.05, 4.69) is 22.4 Å². The SMILES string of the molecule is CSc1ccc(-c2csc(NC(=O)C(N)C3CCOCC3)n2)cc1.Cl. The molecule has 136 valence electrons. The molecular weight excluding hydrogens is 378 g/mol. The second kappa shape index (κ2) is 9.54. The number of carbonyl (C=O) groups is 1. The Bertz CT molecular complexity index is 687. The molecule has 0 bridgehead atoms. The van der Waals surface area contributed by atoms with Crippen LogP contribution in [0.2, 0.25) is 0 Å². The van der Waals surface area contributed by atoms with Crippen molar-refractivity contribution in [3.63, 3.8) is 0 Å². The largest absolute Gasteiger partial charge is 0.381 e. The van der Waals surface area contributed by atoms with E-state index in [4.69, 9.17) is 10.5 Å². The van der Waals surface area contributed by atoms with E-state index in [1.54, 1.807) is 11.8 Å². The Morgan fingerprint density at radius 1 is 1.36 bits per heavy atom. The molecule has 0 spiro atoms. The van der Waals surface area contributed by atoms with Gasteiger partial charge in [0.2, 0.25) is 5.91 Å². The highest BCUT2D eigenvalue weighted by Gasteiger charge is 2.27. The third kappa shape index (κ3) is 5.18. The number of anilines is 1. The van der Waals surface area contributed by atoms with Gasteiger partial charge in [0.1, 0.15) is 0 Å². The molecule has 3 N–H and O–H groups in total. The summed E-state index contributed by atoms with van der Waals surface area (Å²) >= 11 is 3.12. The lowest BCUT2D eigenvalue weighted by molar-refractivity contribution is -0.119. The third-order valence-electron chi connectivity index (χ3n) is 4.20. The summed E-state index contributed by atoms with van der Waals surface area (Å²) in [6, 6.07) is 7.71. The number of hydrogen-bond donors (Lipinski definition) is 2. The average Bonchev–Trinajstić information content (AvgIpc) is 3.10. The number of ether oxygens (including phenoxy) is 1. The molecule has 5 nitrogen and oxygen atoms in total. The minimum atomic E-state index is -0.512. The highest BCUT2D eigenvalue weighted by molar-refractivity contribution is 7.98. The summed E-state index contributed by atoms with van der Waals surface area (Å²) in [5, 5.41) is 5.39. The van der Waals surface area contributed by atoms with Gasteiger partial charge in [-0.25, -0.2) is 4.98 Å². The van der Waals surface area contributed by atoms with Gasteiger partial charge in [0, 0.05) is 29.1 Å². The van der Waals surface area contributed by atoms with Crippen LogP contribution >= 0.6 is 35.5 Å². The van der Waals surface area contributed by atoms with Gasteiger partial charge < -0.3 is 15.8 Å². The molecule has 0 saturated carbocycles. The van der Waals surface area contributed by atoms with Crippen LogP contribution in [0.15, 0.2) is 34.5 Å². The highest BCUT2D eigenvalue weighted by Crippen LogP contribution is 2.27. The Morgan fingerprint density at radius 3 is 2.68 bits per heavy atom. The number of aromatic nitrogens is 1. The lowest BCUT2D eigenvalue weighted by atomic mass is 9.92. The molecule has 3 rings (SSSR count). The van der Waals surface area contributed by atoms with Gasteiger partial charge in [-0.05, 0) is 37.1 Å². The van der Waals surface area contributed by atoms with Crippen LogP contribution in [0.4, 0.5) is 5.13 Å². The zero-order valence-electron chi connectivity index (χ0n) is 13.9. The van der Waals surface area contributed by atoms with Crippen molar-refractivity contribution in [3.8, 4) is 11.3 Å². The molecule has 1 saturated heterocycles. The Kier molecular flexibility index (Phi) is 7.71. The molecule has 8 heteroatoms. The smallest absolute Gasteiger partial charge is 0.243 e. The first-order chi connectivity index (χ1) is 11.7. The molecule has 25 heavy (non-hydrogen) atoms. The Morgan fingerprint density at radius 2 is 2.04 bits per heavy atom. The maximum atomic E-state index is 12.3. The van der Waals surface area contributed by atoms with Crippen molar-refractivity contribution in [3.05, 3.63) is 29.6 Å². The van der Waals surface area contributed by atoms with E-state index in [9.17, 15) is 4.79 Å². The molecule has 1 aromatic heterocycles. The number of halogens is 1. The van der Waals surface area contributed by atoms with Gasteiger partial charge in [0.15, 0.2) is 5.13 Å². The second-order valence-electron chi connectivity index (χ2n) is 5.73. The number of hydrogen-bond acceptors (Lipinski definition) is 6. The third-order valence-corrected chi connectivity index (χ3v) is 5.70. The van der Waals surface area contributed by atoms with Gasteiger partial charge >= 0.3 is 0 Å². The molecule has 1 aliphatic heterocycles. The van der Waals surface area contributed by atoms with E-state index in [0.717, 1.165) is 24.1 Å². The number of nitrogens with one attached hydrogen (secondary N) is 1. The summed E-state index contributed by atoms with van der Waals surface area (Å²) < 4.78 is 5.32. The zero-order chi connectivity index (χ0) is 16.9. The van der Waals surface area contributed by atoms with Gasteiger partial charge in [-0.3, -0.25) is 4.79 Å². The number of thiazole rings is 1. The maximum Gasteiger partial charge on any atom is 0.243 e. The number of amides is 1. The standard InChI is InChI=1S/C17H21N3O2S2.ClH/c1-23-13-4-2-11(3-5-13)14-10-24-17(19-14)20-16(21)15(18)12-6-8-22-9-7-12;/h2-5,10,12,15H,6-9,18H2,1H3,(H,19,20,21);1H. The highest BCUT2D eigenvalue weighted by atomic mass is 35.5. The van der Waals surface area contributed by atoms with Crippen LogP contribution in [0, 0.1) is 5.92 Å². The van der Waals surface area contributed by atoms with Gasteiger partial charge in [0.25, 0.3) is 0 Å². The molecule has 1 unspecified atom stereocenters. The number of nitrogens with zero attached hydrogens (tertiary/aromatic N) is 1. The minimum absolute atomic E-state index is 0. The van der Waals surface area contributed by atoms with Crippen LogP contribution in [0.5, 0.6) is 0 Å². The summed E-state index contributed by atoms with van der Waals surface area (Å²) in [5.41, 5.74) is 8.00. The predicted molar refractivity (Wildman–Crippen MR) is 107 cm³/mol. The average molecular weight is 400 g/mol. The maximum absolute atomic E-state index is 12.3. The Labute approximate surface area is 162 Å². The lowest BCUT2D eigenvalue weighted by Crippen LogP contribution is -2.43. The van der Waals surface area contributed by atoms with Crippen molar-refractivity contribution >= 4 is 46.5 Å². The van der Waals surface area contributed by atoms with Gasteiger partial charge in [-0.2, -0.15) is 0 Å². The van der Waals surface area contributed by atoms with E-state index in [1.807, 2.05) is 23.8 Å². The molecule has 0 aliphatic carbocycles. The van der Waals surface area contributed by atoms with E-state index in [1.165, 1.54) is 16.2 Å². The van der Waals surface area contributed by atoms with Crippen molar-refractivity contribution in [2.24, 2.45) is 11.7 Å². The van der Waals surface area contributed by atoms with Gasteiger partial charge in [0.05, 0.1) is 11.7 Å². The summed E-state index contributed by atoms with van der Waals surface area (Å²) in [5.74, 6) is 0.0119. The topological polar surface area (TPSA) is 77.2 Å². The molecule has 1 atom stereocenters. The zero-order valence-corrected chi connectivity index (χ0v) is 16.4. The van der Waals surface area contributed by atoms with E-state index in [-0.39, 0.29) is 24.2 Å². The minimum Gasteiger partial charge on any atom is -0.381 e. The molecular formula is C17H22ClN3O2S2. The summed E-state index contributed by atoms with van der Waals surface area (Å²) in [4.78, 5) is 18.0. The van der Waals surface area contributed by atoms with E-state index in [0.29, 0.717) is 18.3 Å². The number of carbonyl (C=O) groups excluding carboxylic acids is 1.